The molecule has 6 nitrogen and oxygen atoms in total. The van der Waals surface area contributed by atoms with Gasteiger partial charge in [-0.15, -0.1) is 0 Å². The van der Waals surface area contributed by atoms with Crippen LogP contribution in [0, 0.1) is 0 Å². The fourth-order valence-corrected chi connectivity index (χ4v) is 1.93. The SMILES string of the molecule is CC(C)NC(=O)C(C)n1cncc1-c1ccc(N)nc1. The molecule has 2 rings (SSSR count). The summed E-state index contributed by atoms with van der Waals surface area (Å²) in [6.45, 7) is 5.71. The van der Waals surface area contributed by atoms with Gasteiger partial charge in [0.1, 0.15) is 11.9 Å². The Labute approximate surface area is 118 Å². The Morgan fingerprint density at radius 3 is 2.65 bits per heavy atom. The molecule has 0 aliphatic rings. The van der Waals surface area contributed by atoms with Gasteiger partial charge in [0.2, 0.25) is 5.91 Å². The third-order valence-corrected chi connectivity index (χ3v) is 2.98. The summed E-state index contributed by atoms with van der Waals surface area (Å²) in [7, 11) is 0. The van der Waals surface area contributed by atoms with E-state index < -0.39 is 0 Å². The van der Waals surface area contributed by atoms with Gasteiger partial charge in [-0.05, 0) is 32.9 Å². The van der Waals surface area contributed by atoms with Crippen molar-refractivity contribution in [1.29, 1.82) is 0 Å². The van der Waals surface area contributed by atoms with Crippen LogP contribution in [-0.4, -0.2) is 26.5 Å². The van der Waals surface area contributed by atoms with Crippen molar-refractivity contribution >= 4 is 11.7 Å². The van der Waals surface area contributed by atoms with Crippen LogP contribution < -0.4 is 11.1 Å². The van der Waals surface area contributed by atoms with Gasteiger partial charge >= 0.3 is 0 Å². The largest absolute Gasteiger partial charge is 0.384 e. The zero-order chi connectivity index (χ0) is 14.7. The minimum atomic E-state index is -0.340. The maximum atomic E-state index is 12.1. The van der Waals surface area contributed by atoms with Gasteiger partial charge in [0.05, 0.1) is 18.2 Å². The molecule has 3 N–H and O–H groups in total. The highest BCUT2D eigenvalue weighted by Gasteiger charge is 2.18. The van der Waals surface area contributed by atoms with Crippen molar-refractivity contribution in [2.75, 3.05) is 5.73 Å². The fourth-order valence-electron chi connectivity index (χ4n) is 1.93. The standard InChI is InChI=1S/C14H19N5O/c1-9(2)18-14(20)10(3)19-8-16-7-12(19)11-4-5-13(15)17-6-11/h4-10H,1-3H3,(H2,15,17)(H,18,20). The van der Waals surface area contributed by atoms with E-state index in [0.29, 0.717) is 5.82 Å². The lowest BCUT2D eigenvalue weighted by molar-refractivity contribution is -0.124. The number of hydrogen-bond donors (Lipinski definition) is 2. The average molecular weight is 273 g/mol. The summed E-state index contributed by atoms with van der Waals surface area (Å²) in [5.41, 5.74) is 7.30. The molecule has 0 aliphatic carbocycles. The topological polar surface area (TPSA) is 85.8 Å². The molecule has 1 unspecified atom stereocenters. The summed E-state index contributed by atoms with van der Waals surface area (Å²) in [6.07, 6.45) is 5.04. The third-order valence-electron chi connectivity index (χ3n) is 2.98. The summed E-state index contributed by atoms with van der Waals surface area (Å²) in [6, 6.07) is 3.36. The van der Waals surface area contributed by atoms with Crippen molar-refractivity contribution in [2.45, 2.75) is 32.9 Å². The quantitative estimate of drug-likeness (QED) is 0.886. The molecule has 6 heteroatoms. The number of carbonyl (C=O) groups excluding carboxylic acids is 1. The zero-order valence-corrected chi connectivity index (χ0v) is 11.9. The second-order valence-electron chi connectivity index (χ2n) is 5.00. The monoisotopic (exact) mass is 273 g/mol. The zero-order valence-electron chi connectivity index (χ0n) is 11.9. The lowest BCUT2D eigenvalue weighted by atomic mass is 10.2. The molecule has 2 aromatic heterocycles. The van der Waals surface area contributed by atoms with E-state index in [-0.39, 0.29) is 18.0 Å². The van der Waals surface area contributed by atoms with Crippen LogP contribution in [0.4, 0.5) is 5.82 Å². The number of pyridine rings is 1. The van der Waals surface area contributed by atoms with Gasteiger partial charge in [0.15, 0.2) is 0 Å². The average Bonchev–Trinajstić information content (AvgIpc) is 2.87. The molecule has 20 heavy (non-hydrogen) atoms. The smallest absolute Gasteiger partial charge is 0.243 e. The Bertz CT molecular complexity index is 588. The molecule has 0 saturated heterocycles. The van der Waals surface area contributed by atoms with Crippen LogP contribution in [0.2, 0.25) is 0 Å². The Morgan fingerprint density at radius 1 is 1.30 bits per heavy atom. The van der Waals surface area contributed by atoms with Gasteiger partial charge in [-0.3, -0.25) is 4.79 Å². The summed E-state index contributed by atoms with van der Waals surface area (Å²) in [4.78, 5) is 20.3. The number of anilines is 1. The van der Waals surface area contributed by atoms with E-state index in [1.165, 1.54) is 0 Å². The Kier molecular flexibility index (Phi) is 4.02. The van der Waals surface area contributed by atoms with Crippen LogP contribution in [0.5, 0.6) is 0 Å². The minimum Gasteiger partial charge on any atom is -0.384 e. The highest BCUT2D eigenvalue weighted by Crippen LogP contribution is 2.22. The van der Waals surface area contributed by atoms with Gasteiger partial charge in [0, 0.05) is 17.8 Å². The molecular weight excluding hydrogens is 254 g/mol. The second-order valence-corrected chi connectivity index (χ2v) is 5.00. The molecule has 0 saturated carbocycles. The number of nitrogens with zero attached hydrogens (tertiary/aromatic N) is 3. The second kappa shape index (κ2) is 5.73. The van der Waals surface area contributed by atoms with Crippen molar-refractivity contribution < 1.29 is 4.79 Å². The number of aromatic nitrogens is 3. The number of nitrogen functional groups attached to an aromatic ring is 1. The summed E-state index contributed by atoms with van der Waals surface area (Å²) in [5.74, 6) is 0.424. The van der Waals surface area contributed by atoms with Crippen LogP contribution in [0.25, 0.3) is 11.3 Å². The summed E-state index contributed by atoms with van der Waals surface area (Å²) < 4.78 is 1.82. The molecular formula is C14H19N5O. The molecule has 1 amide bonds. The van der Waals surface area contributed by atoms with E-state index in [0.717, 1.165) is 11.3 Å². The van der Waals surface area contributed by atoms with Gasteiger partial charge in [-0.1, -0.05) is 0 Å². The Morgan fingerprint density at radius 2 is 2.05 bits per heavy atom. The molecule has 2 heterocycles. The molecule has 0 fully saturated rings. The first-order chi connectivity index (χ1) is 9.49. The summed E-state index contributed by atoms with van der Waals surface area (Å²) in [5, 5.41) is 2.90. The molecule has 2 aromatic rings. The number of nitrogens with one attached hydrogen (secondary N) is 1. The van der Waals surface area contributed by atoms with Crippen molar-refractivity contribution in [3.8, 4) is 11.3 Å². The number of rotatable bonds is 4. The Hall–Kier alpha value is -2.37. The lowest BCUT2D eigenvalue weighted by Gasteiger charge is -2.18. The number of amides is 1. The van der Waals surface area contributed by atoms with Gasteiger partial charge in [-0.25, -0.2) is 9.97 Å². The van der Waals surface area contributed by atoms with Crippen molar-refractivity contribution in [3.63, 3.8) is 0 Å². The number of hydrogen-bond acceptors (Lipinski definition) is 4. The molecule has 0 aromatic carbocycles. The third kappa shape index (κ3) is 2.96. The highest BCUT2D eigenvalue weighted by atomic mass is 16.2. The molecule has 106 valence electrons. The van der Waals surface area contributed by atoms with Crippen LogP contribution >= 0.6 is 0 Å². The van der Waals surface area contributed by atoms with Crippen LogP contribution in [0.1, 0.15) is 26.8 Å². The van der Waals surface area contributed by atoms with Gasteiger partial charge < -0.3 is 15.6 Å². The molecule has 0 aliphatic heterocycles. The van der Waals surface area contributed by atoms with Crippen molar-refractivity contribution in [2.24, 2.45) is 0 Å². The van der Waals surface area contributed by atoms with Crippen LogP contribution in [-0.2, 0) is 4.79 Å². The van der Waals surface area contributed by atoms with Crippen molar-refractivity contribution in [1.82, 2.24) is 19.9 Å². The molecule has 1 atom stereocenters. The Balaban J connectivity index is 2.28. The first-order valence-electron chi connectivity index (χ1n) is 6.53. The molecule has 0 bridgehead atoms. The summed E-state index contributed by atoms with van der Waals surface area (Å²) >= 11 is 0. The fraction of sp³-hybridized carbons (Fsp3) is 0.357. The first-order valence-corrected chi connectivity index (χ1v) is 6.53. The number of carbonyl (C=O) groups is 1. The molecule has 0 radical (unpaired) electrons. The van der Waals surface area contributed by atoms with Crippen LogP contribution in [0.3, 0.4) is 0 Å². The van der Waals surface area contributed by atoms with Crippen molar-refractivity contribution in [3.05, 3.63) is 30.9 Å². The van der Waals surface area contributed by atoms with E-state index in [1.807, 2.05) is 31.4 Å². The van der Waals surface area contributed by atoms with E-state index >= 15 is 0 Å². The van der Waals surface area contributed by atoms with E-state index in [2.05, 4.69) is 15.3 Å². The van der Waals surface area contributed by atoms with Crippen LogP contribution in [0.15, 0.2) is 30.9 Å². The predicted molar refractivity (Wildman–Crippen MR) is 77.9 cm³/mol. The predicted octanol–water partition coefficient (Wildman–Crippen LogP) is 1.61. The normalized spacial score (nSPS) is 12.4. The lowest BCUT2D eigenvalue weighted by Crippen LogP contribution is -2.35. The van der Waals surface area contributed by atoms with Gasteiger partial charge in [-0.2, -0.15) is 0 Å². The van der Waals surface area contributed by atoms with E-state index in [9.17, 15) is 4.79 Å². The van der Waals surface area contributed by atoms with E-state index in [1.54, 1.807) is 24.8 Å². The first kappa shape index (κ1) is 14.0. The maximum Gasteiger partial charge on any atom is 0.243 e. The number of imidazole rings is 1. The van der Waals surface area contributed by atoms with E-state index in [4.69, 9.17) is 5.73 Å². The van der Waals surface area contributed by atoms with Gasteiger partial charge in [0.25, 0.3) is 0 Å². The minimum absolute atomic E-state index is 0.0392. The maximum absolute atomic E-state index is 12.1. The molecule has 0 spiro atoms. The number of nitrogens with two attached hydrogens (primary N) is 1. The highest BCUT2D eigenvalue weighted by molar-refractivity contribution is 5.81.